The smallest absolute Gasteiger partial charge is 0.235 e. The second-order valence-corrected chi connectivity index (χ2v) is 8.57. The maximum absolute atomic E-state index is 11.9. The van der Waals surface area contributed by atoms with E-state index in [0.29, 0.717) is 26.6 Å². The molecule has 1 aliphatic heterocycles. The maximum atomic E-state index is 11.9. The third-order valence-corrected chi connectivity index (χ3v) is 6.23. The second kappa shape index (κ2) is 5.95. The lowest BCUT2D eigenvalue weighted by Crippen LogP contribution is -2.27. The fourth-order valence-corrected chi connectivity index (χ4v) is 4.50. The first-order chi connectivity index (χ1) is 11.9. The number of nitrogens with zero attached hydrogens (tertiary/aromatic N) is 3. The summed E-state index contributed by atoms with van der Waals surface area (Å²) in [7, 11) is -3.40. The van der Waals surface area contributed by atoms with Gasteiger partial charge in [-0.05, 0) is 17.7 Å². The number of hydrogen-bond donors (Lipinski definition) is 1. The van der Waals surface area contributed by atoms with Crippen LogP contribution >= 0.6 is 34.8 Å². The van der Waals surface area contributed by atoms with Gasteiger partial charge in [0.2, 0.25) is 10.0 Å². The van der Waals surface area contributed by atoms with Gasteiger partial charge in [0.05, 0.1) is 27.7 Å². The molecule has 0 bridgehead atoms. The van der Waals surface area contributed by atoms with Crippen LogP contribution in [-0.2, 0) is 16.6 Å². The van der Waals surface area contributed by atoms with Crippen LogP contribution in [0.2, 0.25) is 15.2 Å². The molecule has 25 heavy (non-hydrogen) atoms. The van der Waals surface area contributed by atoms with Crippen molar-refractivity contribution in [3.8, 4) is 16.8 Å². The van der Waals surface area contributed by atoms with Gasteiger partial charge in [0.25, 0.3) is 0 Å². The van der Waals surface area contributed by atoms with Crippen molar-refractivity contribution in [2.45, 2.75) is 6.54 Å². The molecule has 1 N–H and O–H groups in total. The maximum Gasteiger partial charge on any atom is 0.235 e. The molecule has 0 unspecified atom stereocenters. The Hall–Kier alpha value is -1.67. The van der Waals surface area contributed by atoms with Gasteiger partial charge in [-0.25, -0.2) is 13.1 Å². The predicted molar refractivity (Wildman–Crippen MR) is 99.4 cm³/mol. The normalized spacial score (nSPS) is 15.6. The number of hydrogen-bond acceptors (Lipinski definition) is 3. The summed E-state index contributed by atoms with van der Waals surface area (Å²) >= 11 is 18.5. The molecule has 0 spiro atoms. The minimum absolute atomic E-state index is 0.0385. The molecular formula is C15H11Cl3N4O2S. The molecule has 0 saturated carbocycles. The van der Waals surface area contributed by atoms with E-state index in [0.717, 1.165) is 11.3 Å². The third kappa shape index (κ3) is 2.91. The van der Waals surface area contributed by atoms with E-state index in [2.05, 4.69) is 9.82 Å². The van der Waals surface area contributed by atoms with Crippen molar-refractivity contribution < 1.29 is 8.42 Å². The zero-order valence-electron chi connectivity index (χ0n) is 12.6. The van der Waals surface area contributed by atoms with E-state index in [1.807, 2.05) is 24.3 Å². The summed E-state index contributed by atoms with van der Waals surface area (Å²) in [5.41, 5.74) is 2.11. The second-order valence-electron chi connectivity index (χ2n) is 5.55. The molecule has 2 aromatic heterocycles. The molecule has 10 heteroatoms. The third-order valence-electron chi connectivity index (χ3n) is 3.95. The number of nitrogens with one attached hydrogen (secondary N) is 1. The molecule has 0 aliphatic carbocycles. The predicted octanol–water partition coefficient (Wildman–Crippen LogP) is 4.06. The van der Waals surface area contributed by atoms with E-state index in [-0.39, 0.29) is 12.3 Å². The first-order valence-electron chi connectivity index (χ1n) is 7.25. The van der Waals surface area contributed by atoms with Crippen molar-refractivity contribution in [1.82, 2.24) is 14.3 Å². The lowest BCUT2D eigenvalue weighted by Gasteiger charge is -2.19. The summed E-state index contributed by atoms with van der Waals surface area (Å²) < 4.78 is 29.7. The van der Waals surface area contributed by atoms with Crippen molar-refractivity contribution in [3.63, 3.8) is 0 Å². The molecule has 0 radical (unpaired) electrons. The molecule has 6 nitrogen and oxygen atoms in total. The van der Waals surface area contributed by atoms with Gasteiger partial charge in [-0.15, -0.1) is 0 Å². The van der Waals surface area contributed by atoms with Crippen LogP contribution in [0.5, 0.6) is 0 Å². The van der Waals surface area contributed by atoms with E-state index in [1.165, 1.54) is 0 Å². The molecule has 4 rings (SSSR count). The zero-order chi connectivity index (χ0) is 17.8. The molecule has 0 fully saturated rings. The average molecular weight is 418 g/mol. The van der Waals surface area contributed by atoms with Crippen molar-refractivity contribution in [3.05, 3.63) is 51.9 Å². The summed E-state index contributed by atoms with van der Waals surface area (Å²) in [5.74, 6) is 0.347. The SMILES string of the molecule is O=S1(=O)CCn2c(Cl)c(Cl)c(-c3ccc(-n4cc(Cl)cn4)cc3)c2N1. The molecule has 0 atom stereocenters. The van der Waals surface area contributed by atoms with Gasteiger partial charge < -0.3 is 4.57 Å². The summed E-state index contributed by atoms with van der Waals surface area (Å²) in [6.45, 7) is 0.257. The lowest BCUT2D eigenvalue weighted by atomic mass is 10.1. The van der Waals surface area contributed by atoms with Crippen LogP contribution in [0.15, 0.2) is 36.7 Å². The fraction of sp³-hybridized carbons (Fsp3) is 0.133. The summed E-state index contributed by atoms with van der Waals surface area (Å²) in [6.07, 6.45) is 3.24. The highest BCUT2D eigenvalue weighted by Gasteiger charge is 2.29. The fourth-order valence-electron chi connectivity index (χ4n) is 2.77. The Morgan fingerprint density at radius 3 is 2.48 bits per heavy atom. The van der Waals surface area contributed by atoms with Gasteiger partial charge in [0.1, 0.15) is 11.0 Å². The first kappa shape index (κ1) is 16.8. The molecule has 1 aliphatic rings. The lowest BCUT2D eigenvalue weighted by molar-refractivity contribution is 0.588. The van der Waals surface area contributed by atoms with Gasteiger partial charge in [0.15, 0.2) is 0 Å². The largest absolute Gasteiger partial charge is 0.315 e. The van der Waals surface area contributed by atoms with Crippen LogP contribution in [0.1, 0.15) is 0 Å². The minimum Gasteiger partial charge on any atom is -0.315 e. The molecule has 1 aromatic carbocycles. The van der Waals surface area contributed by atoms with Crippen molar-refractivity contribution in [1.29, 1.82) is 0 Å². The number of sulfonamides is 1. The Bertz CT molecular complexity index is 1070. The van der Waals surface area contributed by atoms with E-state index in [4.69, 9.17) is 34.8 Å². The van der Waals surface area contributed by atoms with E-state index >= 15 is 0 Å². The van der Waals surface area contributed by atoms with Crippen LogP contribution in [0.3, 0.4) is 0 Å². The van der Waals surface area contributed by atoms with Crippen LogP contribution in [0, 0.1) is 0 Å². The van der Waals surface area contributed by atoms with Crippen LogP contribution < -0.4 is 4.72 Å². The topological polar surface area (TPSA) is 68.9 Å². The van der Waals surface area contributed by atoms with Gasteiger partial charge in [-0.2, -0.15) is 5.10 Å². The van der Waals surface area contributed by atoms with Crippen molar-refractivity contribution in [2.75, 3.05) is 10.5 Å². The van der Waals surface area contributed by atoms with Gasteiger partial charge in [-0.3, -0.25) is 4.72 Å². The zero-order valence-corrected chi connectivity index (χ0v) is 15.7. The monoisotopic (exact) mass is 416 g/mol. The molecule has 130 valence electrons. The Kier molecular flexibility index (Phi) is 3.99. The highest BCUT2D eigenvalue weighted by atomic mass is 35.5. The van der Waals surface area contributed by atoms with Crippen LogP contribution in [0.25, 0.3) is 16.8 Å². The molecule has 0 saturated heterocycles. The Labute approximate surface area is 159 Å². The molecule has 0 amide bonds. The number of aromatic nitrogens is 3. The number of halogens is 3. The molecular weight excluding hydrogens is 407 g/mol. The van der Waals surface area contributed by atoms with E-state index in [1.54, 1.807) is 21.6 Å². The molecule has 3 aromatic rings. The van der Waals surface area contributed by atoms with Gasteiger partial charge >= 0.3 is 0 Å². The van der Waals surface area contributed by atoms with E-state index < -0.39 is 10.0 Å². The average Bonchev–Trinajstić information content (AvgIpc) is 3.10. The van der Waals surface area contributed by atoms with E-state index in [9.17, 15) is 8.42 Å². The summed E-state index contributed by atoms with van der Waals surface area (Å²) in [5, 5.41) is 5.31. The Morgan fingerprint density at radius 1 is 1.12 bits per heavy atom. The number of rotatable bonds is 2. The minimum atomic E-state index is -3.40. The standard InChI is InChI=1S/C15H11Cl3N4O2S/c16-10-7-19-22(8-10)11-3-1-9(2-4-11)12-13(17)14(18)21-5-6-25(23,24)20-15(12)21/h1-4,7-8,20H,5-6H2. The number of anilines is 1. The first-order valence-corrected chi connectivity index (χ1v) is 10.0. The van der Waals surface area contributed by atoms with Crippen LogP contribution in [0.4, 0.5) is 5.82 Å². The number of fused-ring (bicyclic) bond motifs is 1. The number of benzene rings is 1. The van der Waals surface area contributed by atoms with Gasteiger partial charge in [0, 0.05) is 18.3 Å². The highest BCUT2D eigenvalue weighted by molar-refractivity contribution is 7.92. The Balaban J connectivity index is 1.80. The van der Waals surface area contributed by atoms with Gasteiger partial charge in [-0.1, -0.05) is 46.9 Å². The summed E-state index contributed by atoms with van der Waals surface area (Å²) in [4.78, 5) is 0. The van der Waals surface area contributed by atoms with Crippen molar-refractivity contribution in [2.24, 2.45) is 0 Å². The van der Waals surface area contributed by atoms with Crippen molar-refractivity contribution >= 4 is 50.6 Å². The highest BCUT2D eigenvalue weighted by Crippen LogP contribution is 2.44. The van der Waals surface area contributed by atoms with Crippen LogP contribution in [-0.4, -0.2) is 28.5 Å². The molecule has 3 heterocycles. The Morgan fingerprint density at radius 2 is 1.84 bits per heavy atom. The summed E-state index contributed by atoms with van der Waals surface area (Å²) in [6, 6.07) is 7.33. The quantitative estimate of drug-likeness (QED) is 0.684.